The quantitative estimate of drug-likeness (QED) is 0.841. The number of rotatable bonds is 1. The lowest BCUT2D eigenvalue weighted by Crippen LogP contribution is -2.60. The average molecular weight is 267 g/mol. The van der Waals surface area contributed by atoms with Gasteiger partial charge in [0, 0.05) is 18.1 Å². The first kappa shape index (κ1) is 13.7. The highest BCUT2D eigenvalue weighted by atomic mass is 35.5. The zero-order chi connectivity index (χ0) is 13.5. The minimum atomic E-state index is -0.0398. The first-order chi connectivity index (χ1) is 8.34. The molecule has 0 amide bonds. The van der Waals surface area contributed by atoms with E-state index >= 15 is 0 Å². The summed E-state index contributed by atoms with van der Waals surface area (Å²) in [6, 6.07) is 4.43. The fourth-order valence-electron chi connectivity index (χ4n) is 2.96. The van der Waals surface area contributed by atoms with E-state index in [-0.39, 0.29) is 11.6 Å². The molecule has 0 spiro atoms. The van der Waals surface area contributed by atoms with Crippen LogP contribution in [0.1, 0.15) is 37.8 Å². The number of anilines is 1. The van der Waals surface area contributed by atoms with Crippen molar-refractivity contribution in [3.63, 3.8) is 0 Å². The second kappa shape index (κ2) is 4.75. The van der Waals surface area contributed by atoms with Crippen molar-refractivity contribution in [3.05, 3.63) is 28.3 Å². The van der Waals surface area contributed by atoms with Crippen LogP contribution in [0.5, 0.6) is 0 Å². The molecule has 0 bridgehead atoms. The number of nitrogens with two attached hydrogens (primary N) is 1. The molecule has 2 rings (SSSR count). The van der Waals surface area contributed by atoms with Crippen LogP contribution >= 0.6 is 11.6 Å². The van der Waals surface area contributed by atoms with Crippen LogP contribution in [-0.2, 0) is 0 Å². The fraction of sp³-hybridized carbons (Fsp3) is 0.600. The minimum absolute atomic E-state index is 0.0398. The van der Waals surface area contributed by atoms with E-state index in [1.54, 1.807) is 0 Å². The summed E-state index contributed by atoms with van der Waals surface area (Å²) in [5, 5.41) is 0.842. The molecule has 0 radical (unpaired) electrons. The first-order valence-electron chi connectivity index (χ1n) is 6.64. The summed E-state index contributed by atoms with van der Waals surface area (Å²) in [5.41, 5.74) is 9.85. The van der Waals surface area contributed by atoms with Crippen LogP contribution < -0.4 is 10.6 Å². The standard InChI is InChI=1S/C15H23ClN2/c1-10-8-11(2)14(12(16)9-10)18-7-5-6-13(17)15(18,3)4/h8-9,13H,5-7,17H2,1-4H3. The Labute approximate surface area is 115 Å². The van der Waals surface area contributed by atoms with Crippen molar-refractivity contribution < 1.29 is 0 Å². The maximum absolute atomic E-state index is 6.46. The van der Waals surface area contributed by atoms with Gasteiger partial charge in [-0.2, -0.15) is 0 Å². The third kappa shape index (κ3) is 2.24. The van der Waals surface area contributed by atoms with Gasteiger partial charge in [-0.05, 0) is 57.7 Å². The predicted molar refractivity (Wildman–Crippen MR) is 79.6 cm³/mol. The molecule has 2 nitrogen and oxygen atoms in total. The van der Waals surface area contributed by atoms with Crippen LogP contribution in [0.25, 0.3) is 0 Å². The van der Waals surface area contributed by atoms with Crippen molar-refractivity contribution in [1.82, 2.24) is 0 Å². The number of benzene rings is 1. The molecular weight excluding hydrogens is 244 g/mol. The third-order valence-corrected chi connectivity index (χ3v) is 4.46. The molecule has 1 atom stereocenters. The molecular formula is C15H23ClN2. The normalized spacial score (nSPS) is 23.2. The molecule has 1 aliphatic heterocycles. The van der Waals surface area contributed by atoms with Crippen LogP contribution in [0, 0.1) is 13.8 Å². The van der Waals surface area contributed by atoms with Crippen molar-refractivity contribution in [2.45, 2.75) is 52.1 Å². The van der Waals surface area contributed by atoms with Gasteiger partial charge in [-0.3, -0.25) is 0 Å². The van der Waals surface area contributed by atoms with Gasteiger partial charge in [-0.25, -0.2) is 0 Å². The van der Waals surface area contributed by atoms with Gasteiger partial charge >= 0.3 is 0 Å². The number of nitrogens with zero attached hydrogens (tertiary/aromatic N) is 1. The van der Waals surface area contributed by atoms with Gasteiger partial charge in [0.05, 0.1) is 10.7 Å². The summed E-state index contributed by atoms with van der Waals surface area (Å²) < 4.78 is 0. The lowest BCUT2D eigenvalue weighted by molar-refractivity contribution is 0.309. The molecule has 1 unspecified atom stereocenters. The van der Waals surface area contributed by atoms with Crippen molar-refractivity contribution in [3.8, 4) is 0 Å². The Morgan fingerprint density at radius 3 is 2.61 bits per heavy atom. The molecule has 1 fully saturated rings. The number of halogens is 1. The van der Waals surface area contributed by atoms with E-state index in [0.29, 0.717) is 0 Å². The molecule has 1 aromatic carbocycles. The maximum Gasteiger partial charge on any atom is 0.0645 e. The van der Waals surface area contributed by atoms with E-state index in [1.165, 1.54) is 11.1 Å². The Bertz CT molecular complexity index is 431. The number of aryl methyl sites for hydroxylation is 2. The first-order valence-corrected chi connectivity index (χ1v) is 7.02. The topological polar surface area (TPSA) is 29.3 Å². The third-order valence-electron chi connectivity index (χ3n) is 4.17. The van der Waals surface area contributed by atoms with E-state index in [0.717, 1.165) is 30.1 Å². The fourth-order valence-corrected chi connectivity index (χ4v) is 3.38. The van der Waals surface area contributed by atoms with Crippen molar-refractivity contribution in [1.29, 1.82) is 0 Å². The van der Waals surface area contributed by atoms with Crippen LogP contribution in [0.3, 0.4) is 0 Å². The van der Waals surface area contributed by atoms with Crippen molar-refractivity contribution in [2.75, 3.05) is 11.4 Å². The number of piperidine rings is 1. The van der Waals surface area contributed by atoms with Gasteiger partial charge in [0.2, 0.25) is 0 Å². The molecule has 1 aromatic rings. The lowest BCUT2D eigenvalue weighted by Gasteiger charge is -2.49. The molecule has 0 aromatic heterocycles. The highest BCUT2D eigenvalue weighted by Crippen LogP contribution is 2.38. The maximum atomic E-state index is 6.46. The van der Waals surface area contributed by atoms with Gasteiger partial charge in [0.25, 0.3) is 0 Å². The zero-order valence-corrected chi connectivity index (χ0v) is 12.5. The van der Waals surface area contributed by atoms with Gasteiger partial charge < -0.3 is 10.6 Å². The van der Waals surface area contributed by atoms with E-state index in [4.69, 9.17) is 17.3 Å². The molecule has 1 saturated heterocycles. The van der Waals surface area contributed by atoms with Crippen LogP contribution in [0.2, 0.25) is 5.02 Å². The van der Waals surface area contributed by atoms with Gasteiger partial charge in [-0.15, -0.1) is 0 Å². The van der Waals surface area contributed by atoms with Crippen molar-refractivity contribution in [2.24, 2.45) is 5.73 Å². The summed E-state index contributed by atoms with van der Waals surface area (Å²) in [6.45, 7) is 9.67. The summed E-state index contributed by atoms with van der Waals surface area (Å²) in [6.07, 6.45) is 2.22. The molecule has 2 N–H and O–H groups in total. The molecule has 0 saturated carbocycles. The number of hydrogen-bond acceptors (Lipinski definition) is 2. The molecule has 3 heteroatoms. The Hall–Kier alpha value is -0.730. The summed E-state index contributed by atoms with van der Waals surface area (Å²) >= 11 is 6.46. The van der Waals surface area contributed by atoms with Crippen LogP contribution in [-0.4, -0.2) is 18.1 Å². The van der Waals surface area contributed by atoms with Gasteiger partial charge in [0.1, 0.15) is 0 Å². The van der Waals surface area contributed by atoms with Crippen LogP contribution in [0.4, 0.5) is 5.69 Å². The largest absolute Gasteiger partial charge is 0.363 e. The summed E-state index contributed by atoms with van der Waals surface area (Å²) in [4.78, 5) is 2.39. The van der Waals surface area contributed by atoms with E-state index in [1.807, 2.05) is 6.07 Å². The Morgan fingerprint density at radius 2 is 2.00 bits per heavy atom. The van der Waals surface area contributed by atoms with Gasteiger partial charge in [0.15, 0.2) is 0 Å². The predicted octanol–water partition coefficient (Wildman–Crippen LogP) is 3.66. The Kier molecular flexibility index (Phi) is 3.61. The van der Waals surface area contributed by atoms with E-state index < -0.39 is 0 Å². The lowest BCUT2D eigenvalue weighted by atomic mass is 9.84. The van der Waals surface area contributed by atoms with Gasteiger partial charge in [-0.1, -0.05) is 17.7 Å². The smallest absolute Gasteiger partial charge is 0.0645 e. The Balaban J connectivity index is 2.48. The second-order valence-electron chi connectivity index (χ2n) is 5.97. The summed E-state index contributed by atoms with van der Waals surface area (Å²) in [5.74, 6) is 0. The highest BCUT2D eigenvalue weighted by molar-refractivity contribution is 6.33. The molecule has 1 heterocycles. The Morgan fingerprint density at radius 1 is 1.33 bits per heavy atom. The monoisotopic (exact) mass is 266 g/mol. The van der Waals surface area contributed by atoms with E-state index in [9.17, 15) is 0 Å². The van der Waals surface area contributed by atoms with Crippen molar-refractivity contribution >= 4 is 17.3 Å². The zero-order valence-electron chi connectivity index (χ0n) is 11.8. The minimum Gasteiger partial charge on any atom is -0.363 e. The average Bonchev–Trinajstić information content (AvgIpc) is 2.23. The molecule has 1 aliphatic rings. The second-order valence-corrected chi connectivity index (χ2v) is 6.37. The highest BCUT2D eigenvalue weighted by Gasteiger charge is 2.37. The molecule has 100 valence electrons. The SMILES string of the molecule is Cc1cc(C)c(N2CCCC(N)C2(C)C)c(Cl)c1. The number of hydrogen-bond donors (Lipinski definition) is 1. The molecule has 18 heavy (non-hydrogen) atoms. The van der Waals surface area contributed by atoms with Crippen LogP contribution in [0.15, 0.2) is 12.1 Å². The van der Waals surface area contributed by atoms with E-state index in [2.05, 4.69) is 38.7 Å². The summed E-state index contributed by atoms with van der Waals surface area (Å²) in [7, 11) is 0. The molecule has 0 aliphatic carbocycles.